The molecule has 0 saturated carbocycles. The van der Waals surface area contributed by atoms with E-state index >= 15 is 0 Å². The fourth-order valence-corrected chi connectivity index (χ4v) is 2.33. The van der Waals surface area contributed by atoms with Crippen molar-refractivity contribution in [1.29, 1.82) is 5.26 Å². The van der Waals surface area contributed by atoms with Gasteiger partial charge in [0.05, 0.1) is 5.56 Å². The van der Waals surface area contributed by atoms with Gasteiger partial charge >= 0.3 is 0 Å². The highest BCUT2D eigenvalue weighted by atomic mass is 19.1. The Kier molecular flexibility index (Phi) is 4.83. The zero-order chi connectivity index (χ0) is 14.6. The summed E-state index contributed by atoms with van der Waals surface area (Å²) in [7, 11) is 0. The van der Waals surface area contributed by atoms with Crippen molar-refractivity contribution in [3.63, 3.8) is 0 Å². The van der Waals surface area contributed by atoms with Crippen molar-refractivity contribution in [2.45, 2.75) is 40.5 Å². The van der Waals surface area contributed by atoms with Gasteiger partial charge in [-0.15, -0.1) is 0 Å². The number of hydrogen-bond acceptors (Lipinski definition) is 2. The van der Waals surface area contributed by atoms with Crippen molar-refractivity contribution in [3.8, 4) is 6.07 Å². The molecule has 1 rings (SSSR count). The second-order valence-corrected chi connectivity index (χ2v) is 6.30. The quantitative estimate of drug-likeness (QED) is 0.756. The molecule has 0 N–H and O–H groups in total. The number of benzene rings is 1. The molecule has 19 heavy (non-hydrogen) atoms. The first-order valence-corrected chi connectivity index (χ1v) is 6.46. The van der Waals surface area contributed by atoms with Crippen LogP contribution in [-0.2, 0) is 0 Å². The Morgan fingerprint density at radius 2 is 2.05 bits per heavy atom. The Hall–Kier alpha value is -1.69. The summed E-state index contributed by atoms with van der Waals surface area (Å²) in [5.74, 6) is -0.442. The van der Waals surface area contributed by atoms with Gasteiger partial charge in [-0.2, -0.15) is 5.26 Å². The maximum absolute atomic E-state index is 13.4. The summed E-state index contributed by atoms with van der Waals surface area (Å²) in [6, 6.07) is 5.78. The van der Waals surface area contributed by atoms with Crippen LogP contribution in [0.2, 0.25) is 0 Å². The van der Waals surface area contributed by atoms with Crippen molar-refractivity contribution < 1.29 is 9.18 Å². The van der Waals surface area contributed by atoms with Crippen molar-refractivity contribution in [2.75, 3.05) is 0 Å². The van der Waals surface area contributed by atoms with Gasteiger partial charge in [0.25, 0.3) is 0 Å². The maximum atomic E-state index is 13.4. The lowest BCUT2D eigenvalue weighted by Crippen LogP contribution is -2.14. The third-order valence-electron chi connectivity index (χ3n) is 2.91. The lowest BCUT2D eigenvalue weighted by molar-refractivity contribution is 0.0954. The SMILES string of the molecule is CC(CC(=O)c1ccc(C#N)c(F)c1)CC(C)(C)C. The molecule has 102 valence electrons. The molecule has 0 amide bonds. The molecular formula is C16H20FNO. The first-order chi connectivity index (χ1) is 8.73. The zero-order valence-electron chi connectivity index (χ0n) is 12.0. The highest BCUT2D eigenvalue weighted by molar-refractivity contribution is 5.96. The van der Waals surface area contributed by atoms with Crippen LogP contribution in [0.1, 0.15) is 56.5 Å². The summed E-state index contributed by atoms with van der Waals surface area (Å²) in [6.07, 6.45) is 1.35. The Morgan fingerprint density at radius 3 is 2.53 bits per heavy atom. The van der Waals surface area contributed by atoms with E-state index in [0.29, 0.717) is 12.0 Å². The molecule has 1 aromatic rings. The van der Waals surface area contributed by atoms with Crippen LogP contribution in [-0.4, -0.2) is 5.78 Å². The second-order valence-electron chi connectivity index (χ2n) is 6.30. The van der Waals surface area contributed by atoms with E-state index in [-0.39, 0.29) is 22.7 Å². The van der Waals surface area contributed by atoms with Gasteiger partial charge in [0, 0.05) is 12.0 Å². The lowest BCUT2D eigenvalue weighted by Gasteiger charge is -2.22. The van der Waals surface area contributed by atoms with E-state index in [1.54, 1.807) is 6.07 Å². The summed E-state index contributed by atoms with van der Waals surface area (Å²) in [5, 5.41) is 8.65. The average Bonchev–Trinajstić information content (AvgIpc) is 2.26. The van der Waals surface area contributed by atoms with Crippen molar-refractivity contribution >= 4 is 5.78 Å². The standard InChI is InChI=1S/C16H20FNO/c1-11(9-16(2,3)4)7-15(19)12-5-6-13(10-18)14(17)8-12/h5-6,8,11H,7,9H2,1-4H3. The number of rotatable bonds is 4. The summed E-state index contributed by atoms with van der Waals surface area (Å²) in [6.45, 7) is 8.43. The van der Waals surface area contributed by atoms with Crippen LogP contribution in [0.25, 0.3) is 0 Å². The molecule has 0 saturated heterocycles. The lowest BCUT2D eigenvalue weighted by atomic mass is 9.83. The number of hydrogen-bond donors (Lipinski definition) is 0. The molecule has 0 fully saturated rings. The molecule has 0 spiro atoms. The highest BCUT2D eigenvalue weighted by Crippen LogP contribution is 2.27. The van der Waals surface area contributed by atoms with E-state index in [0.717, 1.165) is 12.5 Å². The van der Waals surface area contributed by atoms with E-state index in [1.165, 1.54) is 12.1 Å². The van der Waals surface area contributed by atoms with Gasteiger partial charge in [0.2, 0.25) is 0 Å². The molecule has 0 aromatic heterocycles. The predicted molar refractivity (Wildman–Crippen MR) is 73.3 cm³/mol. The van der Waals surface area contributed by atoms with Gasteiger partial charge < -0.3 is 0 Å². The maximum Gasteiger partial charge on any atom is 0.163 e. The molecule has 1 atom stereocenters. The van der Waals surface area contributed by atoms with Crippen LogP contribution in [0, 0.1) is 28.5 Å². The minimum absolute atomic E-state index is 0.0284. The molecule has 3 heteroatoms. The zero-order valence-corrected chi connectivity index (χ0v) is 12.0. The number of ketones is 1. The van der Waals surface area contributed by atoms with Gasteiger partial charge in [0.15, 0.2) is 5.78 Å². The van der Waals surface area contributed by atoms with Crippen LogP contribution >= 0.6 is 0 Å². The summed E-state index contributed by atoms with van der Waals surface area (Å²) >= 11 is 0. The predicted octanol–water partition coefficient (Wildman–Crippen LogP) is 4.34. The van der Waals surface area contributed by atoms with E-state index < -0.39 is 5.82 Å². The van der Waals surface area contributed by atoms with Crippen LogP contribution in [0.3, 0.4) is 0 Å². The van der Waals surface area contributed by atoms with Gasteiger partial charge in [-0.05, 0) is 36.0 Å². The number of nitrogens with zero attached hydrogens (tertiary/aromatic N) is 1. The van der Waals surface area contributed by atoms with E-state index in [9.17, 15) is 9.18 Å². The van der Waals surface area contributed by atoms with Crippen LogP contribution in [0.5, 0.6) is 0 Å². The fraction of sp³-hybridized carbons (Fsp3) is 0.500. The minimum atomic E-state index is -0.628. The Balaban J connectivity index is 2.74. The Morgan fingerprint density at radius 1 is 1.42 bits per heavy atom. The topological polar surface area (TPSA) is 40.9 Å². The summed E-state index contributed by atoms with van der Waals surface area (Å²) in [5.41, 5.74) is 0.492. The number of Topliss-reactive ketones (excluding diaryl/α,β-unsaturated/α-hetero) is 1. The molecule has 0 heterocycles. The molecular weight excluding hydrogens is 241 g/mol. The smallest absolute Gasteiger partial charge is 0.163 e. The minimum Gasteiger partial charge on any atom is -0.294 e. The second kappa shape index (κ2) is 5.97. The molecule has 1 aromatic carbocycles. The van der Waals surface area contributed by atoms with Crippen molar-refractivity contribution in [3.05, 3.63) is 35.1 Å². The third-order valence-corrected chi connectivity index (χ3v) is 2.91. The first-order valence-electron chi connectivity index (χ1n) is 6.46. The van der Waals surface area contributed by atoms with Crippen molar-refractivity contribution in [2.24, 2.45) is 11.3 Å². The van der Waals surface area contributed by atoms with E-state index in [1.807, 2.05) is 6.92 Å². The molecule has 1 unspecified atom stereocenters. The molecule has 0 aliphatic rings. The first kappa shape index (κ1) is 15.4. The van der Waals surface area contributed by atoms with Crippen LogP contribution in [0.15, 0.2) is 18.2 Å². The highest BCUT2D eigenvalue weighted by Gasteiger charge is 2.19. The molecule has 2 nitrogen and oxygen atoms in total. The van der Waals surface area contributed by atoms with Gasteiger partial charge in [0.1, 0.15) is 11.9 Å². The normalized spacial score (nSPS) is 12.8. The molecule has 0 aliphatic carbocycles. The average molecular weight is 261 g/mol. The Labute approximate surface area is 114 Å². The number of carbonyl (C=O) groups is 1. The van der Waals surface area contributed by atoms with E-state index in [2.05, 4.69) is 20.8 Å². The van der Waals surface area contributed by atoms with Gasteiger partial charge in [-0.1, -0.05) is 27.7 Å². The number of halogens is 1. The van der Waals surface area contributed by atoms with E-state index in [4.69, 9.17) is 5.26 Å². The molecule has 0 radical (unpaired) electrons. The molecule has 0 aliphatic heterocycles. The van der Waals surface area contributed by atoms with Crippen molar-refractivity contribution in [1.82, 2.24) is 0 Å². The largest absolute Gasteiger partial charge is 0.294 e. The van der Waals surface area contributed by atoms with Crippen LogP contribution in [0.4, 0.5) is 4.39 Å². The number of nitriles is 1. The van der Waals surface area contributed by atoms with Crippen LogP contribution < -0.4 is 0 Å². The summed E-state index contributed by atoms with van der Waals surface area (Å²) < 4.78 is 13.4. The summed E-state index contributed by atoms with van der Waals surface area (Å²) in [4.78, 5) is 12.0. The van der Waals surface area contributed by atoms with Gasteiger partial charge in [-0.3, -0.25) is 4.79 Å². The molecule has 0 bridgehead atoms. The number of carbonyl (C=O) groups excluding carboxylic acids is 1. The van der Waals surface area contributed by atoms with Gasteiger partial charge in [-0.25, -0.2) is 4.39 Å². The monoisotopic (exact) mass is 261 g/mol. The third kappa shape index (κ3) is 4.82. The fourth-order valence-electron chi connectivity index (χ4n) is 2.33. The Bertz CT molecular complexity index is 508.